The normalized spacial score (nSPS) is 19.4. The molecule has 1 saturated heterocycles. The van der Waals surface area contributed by atoms with E-state index in [9.17, 15) is 14.0 Å². The number of hydrogen-bond acceptors (Lipinski definition) is 8. The van der Waals surface area contributed by atoms with E-state index >= 15 is 0 Å². The Morgan fingerprint density at radius 3 is 1.97 bits per heavy atom. The summed E-state index contributed by atoms with van der Waals surface area (Å²) < 4.78 is 24.3. The van der Waals surface area contributed by atoms with Gasteiger partial charge >= 0.3 is 0 Å². The van der Waals surface area contributed by atoms with Gasteiger partial charge in [0.1, 0.15) is 29.0 Å². The van der Waals surface area contributed by atoms with E-state index in [-0.39, 0.29) is 22.8 Å². The first-order valence-corrected chi connectivity index (χ1v) is 10.5. The zero-order chi connectivity index (χ0) is 22.9. The van der Waals surface area contributed by atoms with E-state index < -0.39 is 11.7 Å². The predicted octanol–water partition coefficient (Wildman–Crippen LogP) is 2.96. The van der Waals surface area contributed by atoms with Crippen LogP contribution in [-0.2, 0) is 14.4 Å². The number of methoxy groups -OCH3 is 2. The number of Topliss-reactive ketones (excluding diaryl/α,β-unsaturated/α-hetero) is 2. The molecule has 0 bridgehead atoms. The van der Waals surface area contributed by atoms with E-state index in [4.69, 9.17) is 14.3 Å². The second-order valence-corrected chi connectivity index (χ2v) is 8.35. The van der Waals surface area contributed by atoms with Crippen molar-refractivity contribution in [2.24, 2.45) is 5.41 Å². The SMILES string of the molecule is COc1cc(-c2ncc(F)cn2)cc(OC)c1C1C(=O)CC2(CCN(OC)CC2)CC1=O. The van der Waals surface area contributed by atoms with E-state index in [0.29, 0.717) is 48.6 Å². The average Bonchev–Trinajstić information content (AvgIpc) is 2.79. The van der Waals surface area contributed by atoms with Crippen molar-refractivity contribution < 1.29 is 28.3 Å². The standard InChI is InChI=1S/C23H26FN3O5/c1-30-18-8-14(22-25-12-15(24)13-26-22)9-19(31-2)21(18)20-16(28)10-23(11-17(20)29)4-6-27(32-3)7-5-23/h8-9,12-13,20H,4-7,10-11H2,1-3H3. The Morgan fingerprint density at radius 2 is 1.50 bits per heavy atom. The molecule has 2 aromatic rings. The van der Waals surface area contributed by atoms with Gasteiger partial charge in [-0.3, -0.25) is 9.59 Å². The van der Waals surface area contributed by atoms with E-state index in [1.165, 1.54) is 14.2 Å². The summed E-state index contributed by atoms with van der Waals surface area (Å²) >= 11 is 0. The van der Waals surface area contributed by atoms with Crippen molar-refractivity contribution in [3.8, 4) is 22.9 Å². The highest BCUT2D eigenvalue weighted by Crippen LogP contribution is 2.49. The Labute approximate surface area is 185 Å². The number of ether oxygens (including phenoxy) is 2. The third-order valence-electron chi connectivity index (χ3n) is 6.49. The molecule has 1 aromatic carbocycles. The molecule has 8 nitrogen and oxygen atoms in total. The topological polar surface area (TPSA) is 90.9 Å². The number of carbonyl (C=O) groups is 2. The quantitative estimate of drug-likeness (QED) is 0.652. The molecule has 1 saturated carbocycles. The monoisotopic (exact) mass is 443 g/mol. The number of nitrogens with zero attached hydrogens (tertiary/aromatic N) is 3. The number of rotatable bonds is 5. The highest BCUT2D eigenvalue weighted by Gasteiger charge is 2.48. The molecule has 0 amide bonds. The molecule has 1 aromatic heterocycles. The fourth-order valence-corrected chi connectivity index (χ4v) is 4.82. The number of halogens is 1. The first-order chi connectivity index (χ1) is 15.4. The van der Waals surface area contributed by atoms with Crippen molar-refractivity contribution in [3.63, 3.8) is 0 Å². The summed E-state index contributed by atoms with van der Waals surface area (Å²) in [6, 6.07) is 3.29. The van der Waals surface area contributed by atoms with Crippen LogP contribution in [0.5, 0.6) is 11.5 Å². The van der Waals surface area contributed by atoms with Gasteiger partial charge in [-0.1, -0.05) is 0 Å². The van der Waals surface area contributed by atoms with Gasteiger partial charge in [0.2, 0.25) is 0 Å². The van der Waals surface area contributed by atoms with Crippen LogP contribution in [0.25, 0.3) is 11.4 Å². The van der Waals surface area contributed by atoms with E-state index in [2.05, 4.69) is 9.97 Å². The van der Waals surface area contributed by atoms with Crippen molar-refractivity contribution in [3.05, 3.63) is 35.9 Å². The third kappa shape index (κ3) is 4.10. The smallest absolute Gasteiger partial charge is 0.159 e. The molecule has 9 heteroatoms. The van der Waals surface area contributed by atoms with Crippen molar-refractivity contribution in [1.82, 2.24) is 15.0 Å². The summed E-state index contributed by atoms with van der Waals surface area (Å²) in [6.07, 6.45) is 4.27. The van der Waals surface area contributed by atoms with Gasteiger partial charge in [0.15, 0.2) is 11.6 Å². The number of carbonyl (C=O) groups excluding carboxylic acids is 2. The molecule has 2 aliphatic rings. The highest BCUT2D eigenvalue weighted by molar-refractivity contribution is 6.11. The van der Waals surface area contributed by atoms with Crippen molar-refractivity contribution in [1.29, 1.82) is 0 Å². The summed E-state index contributed by atoms with van der Waals surface area (Å²) in [5.74, 6) is -0.806. The number of hydrogen-bond donors (Lipinski definition) is 0. The van der Waals surface area contributed by atoms with Crippen molar-refractivity contribution in [2.75, 3.05) is 34.4 Å². The van der Waals surface area contributed by atoms with Crippen LogP contribution in [0, 0.1) is 11.2 Å². The fourth-order valence-electron chi connectivity index (χ4n) is 4.82. The molecule has 0 atom stereocenters. The van der Waals surface area contributed by atoms with Crippen LogP contribution in [0.1, 0.15) is 37.2 Å². The number of benzene rings is 1. The summed E-state index contributed by atoms with van der Waals surface area (Å²) in [4.78, 5) is 39.9. The van der Waals surface area contributed by atoms with Crippen LogP contribution < -0.4 is 9.47 Å². The minimum absolute atomic E-state index is 0.130. The molecule has 0 unspecified atom stereocenters. The summed E-state index contributed by atoms with van der Waals surface area (Å²) in [5.41, 5.74) is 0.629. The van der Waals surface area contributed by atoms with Crippen LogP contribution in [-0.4, -0.2) is 61.0 Å². The molecule has 0 N–H and O–H groups in total. The van der Waals surface area contributed by atoms with E-state index in [1.807, 2.05) is 5.06 Å². The molecule has 2 fully saturated rings. The van der Waals surface area contributed by atoms with Gasteiger partial charge < -0.3 is 14.3 Å². The summed E-state index contributed by atoms with van der Waals surface area (Å²) in [5, 5.41) is 1.86. The minimum Gasteiger partial charge on any atom is -0.496 e. The van der Waals surface area contributed by atoms with Crippen LogP contribution in [0.15, 0.2) is 24.5 Å². The molecule has 1 aliphatic carbocycles. The van der Waals surface area contributed by atoms with Crippen molar-refractivity contribution >= 4 is 11.6 Å². The average molecular weight is 443 g/mol. The predicted molar refractivity (Wildman–Crippen MR) is 113 cm³/mol. The van der Waals surface area contributed by atoms with E-state index in [0.717, 1.165) is 25.2 Å². The van der Waals surface area contributed by atoms with Gasteiger partial charge in [-0.15, -0.1) is 0 Å². The lowest BCUT2D eigenvalue weighted by Gasteiger charge is -2.44. The number of aromatic nitrogens is 2. The number of piperidine rings is 1. The molecule has 2 heterocycles. The molecule has 0 radical (unpaired) electrons. The molecular weight excluding hydrogens is 417 g/mol. The second-order valence-electron chi connectivity index (χ2n) is 8.35. The first kappa shape index (κ1) is 22.3. The third-order valence-corrected chi connectivity index (χ3v) is 6.49. The lowest BCUT2D eigenvalue weighted by atomic mass is 9.63. The maximum absolute atomic E-state index is 13.3. The Kier molecular flexibility index (Phi) is 6.21. The Hall–Kier alpha value is -2.91. The number of ketones is 2. The molecule has 170 valence electrons. The number of hydroxylamine groups is 2. The van der Waals surface area contributed by atoms with Gasteiger partial charge in [-0.05, 0) is 30.4 Å². The minimum atomic E-state index is -0.950. The van der Waals surface area contributed by atoms with Crippen molar-refractivity contribution in [2.45, 2.75) is 31.6 Å². The van der Waals surface area contributed by atoms with Crippen LogP contribution in [0.2, 0.25) is 0 Å². The van der Waals surface area contributed by atoms with Crippen LogP contribution >= 0.6 is 0 Å². The van der Waals surface area contributed by atoms with Gasteiger partial charge in [-0.2, -0.15) is 5.06 Å². The Morgan fingerprint density at radius 1 is 0.969 bits per heavy atom. The Balaban J connectivity index is 1.68. The van der Waals surface area contributed by atoms with Crippen LogP contribution in [0.4, 0.5) is 4.39 Å². The van der Waals surface area contributed by atoms with Gasteiger partial charge in [0, 0.05) is 31.5 Å². The van der Waals surface area contributed by atoms with Gasteiger partial charge in [0.25, 0.3) is 0 Å². The lowest BCUT2D eigenvalue weighted by Crippen LogP contribution is -2.46. The van der Waals surface area contributed by atoms with Crippen LogP contribution in [0.3, 0.4) is 0 Å². The summed E-state index contributed by atoms with van der Waals surface area (Å²) in [6.45, 7) is 1.39. The summed E-state index contributed by atoms with van der Waals surface area (Å²) in [7, 11) is 4.56. The van der Waals surface area contributed by atoms with E-state index in [1.54, 1.807) is 19.2 Å². The van der Waals surface area contributed by atoms with Gasteiger partial charge in [0.05, 0.1) is 39.3 Å². The Bertz CT molecular complexity index is 974. The lowest BCUT2D eigenvalue weighted by molar-refractivity contribution is -0.166. The largest absolute Gasteiger partial charge is 0.496 e. The zero-order valence-electron chi connectivity index (χ0n) is 18.4. The maximum atomic E-state index is 13.3. The zero-order valence-corrected chi connectivity index (χ0v) is 18.4. The first-order valence-electron chi connectivity index (χ1n) is 10.5. The molecule has 32 heavy (non-hydrogen) atoms. The molecule has 4 rings (SSSR count). The maximum Gasteiger partial charge on any atom is 0.159 e. The molecule has 1 aliphatic heterocycles. The fraction of sp³-hybridized carbons (Fsp3) is 0.478. The molecular formula is C23H26FN3O5. The molecule has 1 spiro atoms. The highest BCUT2D eigenvalue weighted by atomic mass is 19.1. The van der Waals surface area contributed by atoms with Gasteiger partial charge in [-0.25, -0.2) is 14.4 Å². The second kappa shape index (κ2) is 8.91.